The molecule has 3 nitrogen and oxygen atoms in total. The van der Waals surface area contributed by atoms with Gasteiger partial charge in [0.25, 0.3) is 8.68 Å². The minimum absolute atomic E-state index is 0.117. The highest BCUT2D eigenvalue weighted by molar-refractivity contribution is 8.03. The maximum Gasteiger partial charge on any atom is 0.262 e. The fourth-order valence-electron chi connectivity index (χ4n) is 1.89. The molecule has 1 aromatic heterocycles. The van der Waals surface area contributed by atoms with Gasteiger partial charge in [-0.3, -0.25) is 13.3 Å². The smallest absolute Gasteiger partial charge is 0.262 e. The third-order valence-electron chi connectivity index (χ3n) is 2.65. The molecule has 20 heavy (non-hydrogen) atoms. The summed E-state index contributed by atoms with van der Waals surface area (Å²) >= 11 is 23.9. The number of alkyl halides is 3. The maximum atomic E-state index is 12.4. The molecule has 2 aromatic rings. The molecule has 0 aliphatic rings. The molecule has 0 bridgehead atoms. The van der Waals surface area contributed by atoms with Gasteiger partial charge in [0, 0.05) is 18.5 Å². The number of hydrogen-bond acceptors (Lipinski definition) is 3. The Labute approximate surface area is 140 Å². The molecule has 2 rings (SSSR count). The summed E-state index contributed by atoms with van der Waals surface area (Å²) in [5, 5.41) is 0.552. The molecular formula is C12H11Cl3N2OS2. The van der Waals surface area contributed by atoms with Crippen LogP contribution in [0.25, 0.3) is 10.9 Å². The molecule has 0 unspecified atom stereocenters. The van der Waals surface area contributed by atoms with Gasteiger partial charge in [-0.25, -0.2) is 0 Å². The van der Waals surface area contributed by atoms with Crippen LogP contribution in [0.2, 0.25) is 0 Å². The van der Waals surface area contributed by atoms with Crippen molar-refractivity contribution in [3.8, 4) is 0 Å². The lowest BCUT2D eigenvalue weighted by Crippen LogP contribution is -2.25. The average Bonchev–Trinajstić information content (AvgIpc) is 2.38. The van der Waals surface area contributed by atoms with Crippen molar-refractivity contribution >= 4 is 69.9 Å². The first-order valence-corrected chi connectivity index (χ1v) is 8.17. The van der Waals surface area contributed by atoms with Crippen molar-refractivity contribution in [3.63, 3.8) is 0 Å². The van der Waals surface area contributed by atoms with Crippen LogP contribution in [0, 0.1) is 4.77 Å². The Balaban J connectivity index is 2.84. The number of halogens is 3. The molecule has 0 atom stereocenters. The van der Waals surface area contributed by atoms with E-state index in [1.165, 1.54) is 4.57 Å². The quantitative estimate of drug-likeness (QED) is 0.576. The monoisotopic (exact) mass is 368 g/mol. The molecular weight excluding hydrogens is 359 g/mol. The molecule has 0 saturated carbocycles. The van der Waals surface area contributed by atoms with E-state index in [-0.39, 0.29) is 5.56 Å². The molecule has 0 saturated heterocycles. The van der Waals surface area contributed by atoms with Crippen molar-refractivity contribution in [2.45, 2.75) is 23.0 Å². The van der Waals surface area contributed by atoms with Crippen molar-refractivity contribution < 1.29 is 0 Å². The van der Waals surface area contributed by atoms with E-state index < -0.39 is 3.12 Å². The highest BCUT2D eigenvalue weighted by Gasteiger charge is 2.24. The van der Waals surface area contributed by atoms with Crippen molar-refractivity contribution in [1.82, 2.24) is 8.54 Å². The predicted molar refractivity (Wildman–Crippen MR) is 90.6 cm³/mol. The molecule has 108 valence electrons. The van der Waals surface area contributed by atoms with Gasteiger partial charge in [0.1, 0.15) is 0 Å². The van der Waals surface area contributed by atoms with Gasteiger partial charge in [-0.1, -0.05) is 53.9 Å². The van der Waals surface area contributed by atoms with Crippen LogP contribution in [0.3, 0.4) is 0 Å². The lowest BCUT2D eigenvalue weighted by atomic mass is 10.2. The van der Waals surface area contributed by atoms with E-state index in [0.717, 1.165) is 18.4 Å². The van der Waals surface area contributed by atoms with Crippen LogP contribution in [-0.4, -0.2) is 11.7 Å². The first kappa shape index (κ1) is 16.2. The summed E-state index contributed by atoms with van der Waals surface area (Å²) in [6.07, 6.45) is 0.792. The number of rotatable bonds is 3. The second-order valence-electron chi connectivity index (χ2n) is 4.09. The van der Waals surface area contributed by atoms with Crippen molar-refractivity contribution in [2.75, 3.05) is 0 Å². The molecule has 0 aliphatic heterocycles. The maximum absolute atomic E-state index is 12.4. The number of benzene rings is 1. The van der Waals surface area contributed by atoms with Crippen molar-refractivity contribution in [1.29, 1.82) is 0 Å². The van der Waals surface area contributed by atoms with Crippen molar-refractivity contribution in [2.24, 2.45) is 0 Å². The van der Waals surface area contributed by atoms with E-state index in [4.69, 9.17) is 47.0 Å². The number of fused-ring (bicyclic) bond motifs is 1. The van der Waals surface area contributed by atoms with Gasteiger partial charge >= 0.3 is 0 Å². The summed E-state index contributed by atoms with van der Waals surface area (Å²) in [5.74, 6) is 0. The van der Waals surface area contributed by atoms with Gasteiger partial charge in [-0.2, -0.15) is 0 Å². The number of para-hydroxylation sites is 1. The van der Waals surface area contributed by atoms with Gasteiger partial charge < -0.3 is 0 Å². The Morgan fingerprint density at radius 2 is 1.95 bits per heavy atom. The first-order chi connectivity index (χ1) is 9.35. The normalized spacial score (nSPS) is 12.0. The topological polar surface area (TPSA) is 26.9 Å². The Morgan fingerprint density at radius 3 is 2.55 bits per heavy atom. The number of nitrogens with zero attached hydrogens (tertiary/aromatic N) is 2. The van der Waals surface area contributed by atoms with Crippen LogP contribution in [0.4, 0.5) is 0 Å². The van der Waals surface area contributed by atoms with E-state index in [1.54, 1.807) is 22.2 Å². The SMILES string of the molecule is CCCn1c(=O)c2ccccc2n(SC(Cl)(Cl)Cl)c1=S. The summed E-state index contributed by atoms with van der Waals surface area (Å²) < 4.78 is 1.93. The van der Waals surface area contributed by atoms with Gasteiger partial charge in [0.15, 0.2) is 4.77 Å². The molecule has 0 radical (unpaired) electrons. The minimum atomic E-state index is -1.56. The molecule has 8 heteroatoms. The molecule has 1 heterocycles. The second-order valence-corrected chi connectivity index (χ2v) is 8.57. The predicted octanol–water partition coefficient (Wildman–Crippen LogP) is 4.77. The highest BCUT2D eigenvalue weighted by Crippen LogP contribution is 2.40. The molecule has 0 fully saturated rings. The van der Waals surface area contributed by atoms with Crippen LogP contribution >= 0.6 is 59.0 Å². The summed E-state index contributed by atoms with van der Waals surface area (Å²) in [7, 11) is 0. The van der Waals surface area contributed by atoms with Gasteiger partial charge in [-0.05, 0) is 30.8 Å². The summed E-state index contributed by atoms with van der Waals surface area (Å²) in [6.45, 7) is 2.51. The first-order valence-electron chi connectivity index (χ1n) is 5.86. The summed E-state index contributed by atoms with van der Waals surface area (Å²) in [5.41, 5.74) is 0.528. The summed E-state index contributed by atoms with van der Waals surface area (Å²) in [6, 6.07) is 7.14. The standard InChI is InChI=1S/C12H11Cl3N2OS2/c1-2-7-16-10(18)8-5-3-4-6-9(8)17(11(16)19)20-12(13,14)15/h3-6H,2,7H2,1H3. The number of aromatic nitrogens is 2. The fraction of sp³-hybridized carbons (Fsp3) is 0.333. The lowest BCUT2D eigenvalue weighted by molar-refractivity contribution is 0.634. The molecule has 0 aliphatic carbocycles. The molecule has 0 spiro atoms. The largest absolute Gasteiger partial charge is 0.284 e. The zero-order chi connectivity index (χ0) is 14.9. The average molecular weight is 370 g/mol. The Morgan fingerprint density at radius 1 is 1.30 bits per heavy atom. The lowest BCUT2D eigenvalue weighted by Gasteiger charge is -2.17. The van der Waals surface area contributed by atoms with Gasteiger partial charge in [-0.15, -0.1) is 0 Å². The van der Waals surface area contributed by atoms with Gasteiger partial charge in [0.05, 0.1) is 10.9 Å². The van der Waals surface area contributed by atoms with Crippen LogP contribution < -0.4 is 5.56 Å². The van der Waals surface area contributed by atoms with Crippen LogP contribution in [-0.2, 0) is 6.54 Å². The minimum Gasteiger partial charge on any atom is -0.284 e. The molecule has 0 N–H and O–H groups in total. The summed E-state index contributed by atoms with van der Waals surface area (Å²) in [4.78, 5) is 12.4. The van der Waals surface area contributed by atoms with Crippen LogP contribution in [0.15, 0.2) is 29.1 Å². The Kier molecular flexibility index (Phi) is 5.08. The fourth-order valence-corrected chi connectivity index (χ4v) is 3.54. The zero-order valence-electron chi connectivity index (χ0n) is 10.5. The van der Waals surface area contributed by atoms with E-state index in [9.17, 15) is 4.79 Å². The van der Waals surface area contributed by atoms with E-state index in [2.05, 4.69) is 0 Å². The van der Waals surface area contributed by atoms with Gasteiger partial charge in [0.2, 0.25) is 0 Å². The third-order valence-corrected chi connectivity index (χ3v) is 4.54. The molecule has 1 aromatic carbocycles. The zero-order valence-corrected chi connectivity index (χ0v) is 14.4. The van der Waals surface area contributed by atoms with Crippen LogP contribution in [0.1, 0.15) is 13.3 Å². The van der Waals surface area contributed by atoms with E-state index in [1.807, 2.05) is 13.0 Å². The second kappa shape index (κ2) is 6.28. The van der Waals surface area contributed by atoms with Crippen LogP contribution in [0.5, 0.6) is 0 Å². The highest BCUT2D eigenvalue weighted by atomic mass is 35.6. The Hall–Kier alpha value is -0.200. The number of hydrogen-bond donors (Lipinski definition) is 0. The Bertz CT molecular complexity index is 749. The van der Waals surface area contributed by atoms with E-state index in [0.29, 0.717) is 22.2 Å². The third kappa shape index (κ3) is 3.34. The van der Waals surface area contributed by atoms with E-state index >= 15 is 0 Å². The molecule has 0 amide bonds. The van der Waals surface area contributed by atoms with Crippen molar-refractivity contribution in [3.05, 3.63) is 39.4 Å².